The summed E-state index contributed by atoms with van der Waals surface area (Å²) in [5.41, 5.74) is 8.34. The van der Waals surface area contributed by atoms with Gasteiger partial charge in [-0.2, -0.15) is 0 Å². The van der Waals surface area contributed by atoms with E-state index in [0.29, 0.717) is 12.6 Å². The number of fused-ring (bicyclic) bond motifs is 4. The van der Waals surface area contributed by atoms with Crippen LogP contribution in [0.4, 0.5) is 11.4 Å². The Kier molecular flexibility index (Phi) is 5.78. The second-order valence-corrected chi connectivity index (χ2v) is 11.7. The fourth-order valence-corrected chi connectivity index (χ4v) is 7.33. The zero-order chi connectivity index (χ0) is 27.5. The summed E-state index contributed by atoms with van der Waals surface area (Å²) in [6.45, 7) is 7.20. The van der Waals surface area contributed by atoms with E-state index in [-0.39, 0.29) is 5.91 Å². The first kappa shape index (κ1) is 24.5. The minimum absolute atomic E-state index is 0.0496. The van der Waals surface area contributed by atoms with E-state index < -0.39 is 0 Å². The van der Waals surface area contributed by atoms with E-state index in [1.807, 2.05) is 41.6 Å². The number of hydrogen-bond acceptors (Lipinski definition) is 5. The number of anilines is 2. The highest BCUT2D eigenvalue weighted by molar-refractivity contribution is 6.17. The van der Waals surface area contributed by atoms with Crippen molar-refractivity contribution in [3.8, 4) is 11.3 Å². The van der Waals surface area contributed by atoms with Gasteiger partial charge in [-0.1, -0.05) is 36.4 Å². The Morgan fingerprint density at radius 2 is 1.73 bits per heavy atom. The Balaban J connectivity index is 1.19. The van der Waals surface area contributed by atoms with Gasteiger partial charge in [-0.25, -0.2) is 0 Å². The molecule has 204 valence electrons. The number of benzene rings is 3. The molecule has 0 saturated carbocycles. The Hall–Kier alpha value is -4.29. The molecule has 0 spiro atoms. The van der Waals surface area contributed by atoms with Crippen LogP contribution in [0.1, 0.15) is 34.3 Å². The third kappa shape index (κ3) is 4.00. The molecule has 8 rings (SSSR count). The number of amides is 1. The number of pyridine rings is 2. The standard InChI is InChI=1S/C35H33N5O/c1-23-6-4-14-37-34(23)28-10-2-9-27-26(28)8-3-11-29(27)35(41)40-17-13-24-20-31-30(21-33(24)40)32(12-15-36-31)39-19-18-38-16-5-7-25(38)22-39/h2-4,6,8-12,14-15,20-21,25H,5,7,13,16-19,22H2,1H3/t25-/m0/s1. The quantitative estimate of drug-likeness (QED) is 0.271. The summed E-state index contributed by atoms with van der Waals surface area (Å²) in [4.78, 5) is 30.8. The highest BCUT2D eigenvalue weighted by atomic mass is 16.2. The third-order valence-electron chi connectivity index (χ3n) is 9.40. The number of aryl methyl sites for hydroxylation is 1. The molecule has 0 bridgehead atoms. The van der Waals surface area contributed by atoms with Crippen LogP contribution in [0, 0.1) is 6.92 Å². The molecule has 41 heavy (non-hydrogen) atoms. The maximum absolute atomic E-state index is 14.3. The summed E-state index contributed by atoms with van der Waals surface area (Å²) in [6.07, 6.45) is 7.20. The summed E-state index contributed by atoms with van der Waals surface area (Å²) < 4.78 is 0. The zero-order valence-electron chi connectivity index (χ0n) is 23.4. The van der Waals surface area contributed by atoms with Crippen LogP contribution in [0.15, 0.2) is 79.1 Å². The number of carbonyl (C=O) groups is 1. The van der Waals surface area contributed by atoms with Crippen molar-refractivity contribution in [2.75, 3.05) is 42.5 Å². The molecule has 1 atom stereocenters. The summed E-state index contributed by atoms with van der Waals surface area (Å²) in [6, 6.07) is 23.5. The van der Waals surface area contributed by atoms with Crippen LogP contribution in [-0.4, -0.2) is 59.5 Å². The summed E-state index contributed by atoms with van der Waals surface area (Å²) >= 11 is 0. The van der Waals surface area contributed by atoms with Crippen molar-refractivity contribution in [2.45, 2.75) is 32.2 Å². The van der Waals surface area contributed by atoms with Crippen LogP contribution >= 0.6 is 0 Å². The van der Waals surface area contributed by atoms with Gasteiger partial charge < -0.3 is 9.80 Å². The number of hydrogen-bond donors (Lipinski definition) is 0. The highest BCUT2D eigenvalue weighted by Crippen LogP contribution is 2.39. The average molecular weight is 540 g/mol. The molecule has 5 aromatic rings. The van der Waals surface area contributed by atoms with Gasteiger partial charge in [0.05, 0.1) is 11.2 Å². The topological polar surface area (TPSA) is 52.6 Å². The van der Waals surface area contributed by atoms with Crippen LogP contribution in [-0.2, 0) is 6.42 Å². The second kappa shape index (κ2) is 9.67. The fourth-order valence-electron chi connectivity index (χ4n) is 7.33. The van der Waals surface area contributed by atoms with Gasteiger partial charge in [0.15, 0.2) is 0 Å². The Morgan fingerprint density at radius 3 is 2.66 bits per heavy atom. The number of piperazine rings is 1. The van der Waals surface area contributed by atoms with E-state index in [0.717, 1.165) is 75.8 Å². The lowest BCUT2D eigenvalue weighted by Gasteiger charge is -2.39. The van der Waals surface area contributed by atoms with Gasteiger partial charge in [0.1, 0.15) is 0 Å². The molecule has 6 nitrogen and oxygen atoms in total. The average Bonchev–Trinajstić information content (AvgIpc) is 3.65. The lowest BCUT2D eigenvalue weighted by molar-refractivity contribution is 0.0991. The molecule has 3 aromatic carbocycles. The van der Waals surface area contributed by atoms with Gasteiger partial charge in [0.2, 0.25) is 0 Å². The van der Waals surface area contributed by atoms with Crippen LogP contribution in [0.5, 0.6) is 0 Å². The predicted octanol–water partition coefficient (Wildman–Crippen LogP) is 6.25. The third-order valence-corrected chi connectivity index (χ3v) is 9.40. The Morgan fingerprint density at radius 1 is 0.829 bits per heavy atom. The lowest BCUT2D eigenvalue weighted by Crippen LogP contribution is -2.50. The van der Waals surface area contributed by atoms with E-state index >= 15 is 0 Å². The van der Waals surface area contributed by atoms with Crippen molar-refractivity contribution >= 4 is 39.0 Å². The van der Waals surface area contributed by atoms with Gasteiger partial charge >= 0.3 is 0 Å². The molecule has 2 fully saturated rings. The number of nitrogens with zero attached hydrogens (tertiary/aromatic N) is 5. The maximum Gasteiger partial charge on any atom is 0.258 e. The van der Waals surface area contributed by atoms with Crippen LogP contribution in [0.3, 0.4) is 0 Å². The van der Waals surface area contributed by atoms with Crippen molar-refractivity contribution in [1.29, 1.82) is 0 Å². The largest absolute Gasteiger partial charge is 0.368 e. The van der Waals surface area contributed by atoms with Crippen molar-refractivity contribution in [2.24, 2.45) is 0 Å². The smallest absolute Gasteiger partial charge is 0.258 e. The molecule has 3 aliphatic rings. The SMILES string of the molecule is Cc1cccnc1-c1cccc2c(C(=O)N3CCc4cc5nccc(N6CCN7CCC[C@H]7C6)c5cc43)cccc12. The molecule has 0 radical (unpaired) electrons. The highest BCUT2D eigenvalue weighted by Gasteiger charge is 2.32. The first-order chi connectivity index (χ1) is 20.2. The Bertz CT molecular complexity index is 1830. The van der Waals surface area contributed by atoms with E-state index in [1.54, 1.807) is 0 Å². The molecule has 1 amide bonds. The van der Waals surface area contributed by atoms with Gasteiger partial charge in [0.25, 0.3) is 5.91 Å². The van der Waals surface area contributed by atoms with Crippen LogP contribution in [0.2, 0.25) is 0 Å². The monoisotopic (exact) mass is 539 g/mol. The fraction of sp³-hybridized carbons (Fsp3) is 0.286. The van der Waals surface area contributed by atoms with Crippen molar-refractivity contribution in [1.82, 2.24) is 14.9 Å². The molecular formula is C35H33N5O. The molecular weight excluding hydrogens is 506 g/mol. The van der Waals surface area contributed by atoms with Crippen LogP contribution < -0.4 is 9.80 Å². The van der Waals surface area contributed by atoms with E-state index in [9.17, 15) is 4.79 Å². The molecule has 2 aromatic heterocycles. The number of rotatable bonds is 3. The van der Waals surface area contributed by atoms with Gasteiger partial charge in [0, 0.05) is 72.5 Å². The molecule has 6 heteroatoms. The minimum Gasteiger partial charge on any atom is -0.368 e. The van der Waals surface area contributed by atoms with Gasteiger partial charge in [-0.05, 0) is 85.0 Å². The van der Waals surface area contributed by atoms with E-state index in [1.165, 1.54) is 30.6 Å². The summed E-state index contributed by atoms with van der Waals surface area (Å²) in [5.74, 6) is 0.0496. The lowest BCUT2D eigenvalue weighted by atomic mass is 9.96. The van der Waals surface area contributed by atoms with Crippen molar-refractivity contribution < 1.29 is 4.79 Å². The van der Waals surface area contributed by atoms with Gasteiger partial charge in [-0.3, -0.25) is 19.7 Å². The van der Waals surface area contributed by atoms with E-state index in [4.69, 9.17) is 4.98 Å². The predicted molar refractivity (Wildman–Crippen MR) is 166 cm³/mol. The zero-order valence-corrected chi connectivity index (χ0v) is 23.4. The second-order valence-electron chi connectivity index (χ2n) is 11.7. The Labute approximate surface area is 240 Å². The molecule has 3 aliphatic heterocycles. The number of aromatic nitrogens is 2. The molecule has 0 aliphatic carbocycles. The first-order valence-electron chi connectivity index (χ1n) is 14.8. The van der Waals surface area contributed by atoms with Gasteiger partial charge in [-0.15, -0.1) is 0 Å². The summed E-state index contributed by atoms with van der Waals surface area (Å²) in [7, 11) is 0. The van der Waals surface area contributed by atoms with Crippen LogP contribution in [0.25, 0.3) is 32.9 Å². The summed E-state index contributed by atoms with van der Waals surface area (Å²) in [5, 5.41) is 3.16. The van der Waals surface area contributed by atoms with Crippen molar-refractivity contribution in [3.63, 3.8) is 0 Å². The molecule has 0 N–H and O–H groups in total. The van der Waals surface area contributed by atoms with Crippen molar-refractivity contribution in [3.05, 3.63) is 95.8 Å². The molecule has 5 heterocycles. The number of carbonyl (C=O) groups excluding carboxylic acids is 1. The molecule has 2 saturated heterocycles. The molecule has 0 unspecified atom stereocenters. The minimum atomic E-state index is 0.0496. The normalized spacial score (nSPS) is 18.7. The van der Waals surface area contributed by atoms with E-state index in [2.05, 4.69) is 64.2 Å². The maximum atomic E-state index is 14.3. The first-order valence-corrected chi connectivity index (χ1v) is 14.8.